The molecule has 2 aromatic heterocycles. The van der Waals surface area contributed by atoms with Gasteiger partial charge in [0.25, 0.3) is 11.8 Å². The summed E-state index contributed by atoms with van der Waals surface area (Å²) in [4.78, 5) is 47.4. The molecule has 1 fully saturated rings. The van der Waals surface area contributed by atoms with Crippen LogP contribution in [0.4, 0.5) is 5.82 Å². The molecule has 10 nitrogen and oxygen atoms in total. The molecular weight excluding hydrogens is 488 g/mol. The highest BCUT2D eigenvalue weighted by molar-refractivity contribution is 6.04. The summed E-state index contributed by atoms with van der Waals surface area (Å²) in [5, 5.41) is 2.72. The summed E-state index contributed by atoms with van der Waals surface area (Å²) in [6.07, 6.45) is 3.47. The lowest BCUT2D eigenvalue weighted by molar-refractivity contribution is -0.139. The van der Waals surface area contributed by atoms with Gasteiger partial charge in [0.1, 0.15) is 11.6 Å². The van der Waals surface area contributed by atoms with Crippen LogP contribution in [0.3, 0.4) is 0 Å². The van der Waals surface area contributed by atoms with Crippen molar-refractivity contribution < 1.29 is 28.6 Å². The maximum absolute atomic E-state index is 13.0. The van der Waals surface area contributed by atoms with Gasteiger partial charge in [-0.1, -0.05) is 6.07 Å². The van der Waals surface area contributed by atoms with Crippen LogP contribution < -0.4 is 14.8 Å². The summed E-state index contributed by atoms with van der Waals surface area (Å²) < 4.78 is 16.3. The molecule has 38 heavy (non-hydrogen) atoms. The van der Waals surface area contributed by atoms with E-state index in [0.717, 1.165) is 25.9 Å². The van der Waals surface area contributed by atoms with E-state index in [1.165, 1.54) is 25.4 Å². The van der Waals surface area contributed by atoms with Gasteiger partial charge in [-0.15, -0.1) is 0 Å². The Labute approximate surface area is 220 Å². The minimum absolute atomic E-state index is 0.00500. The van der Waals surface area contributed by atoms with Gasteiger partial charge in [-0.25, -0.2) is 4.98 Å². The third-order valence-electron chi connectivity index (χ3n) is 5.76. The standard InChI is InChI=1S/C28H30N4O6/c1-18(2)37-24-15-21(27(34)30-23-11-6-19(17-29-23)14-26(33)36-3)16-25(31-24)38-22-9-7-20(8-10-22)28(35)32-12-4-5-13-32/h6-11,15-18H,4-5,12-14H2,1-3H3,(H,29,30,34). The van der Waals surface area contributed by atoms with Crippen molar-refractivity contribution in [1.82, 2.24) is 14.9 Å². The number of likely N-dealkylation sites (tertiary alicyclic amines) is 1. The second-order valence-corrected chi connectivity index (χ2v) is 9.08. The summed E-state index contributed by atoms with van der Waals surface area (Å²) in [6.45, 7) is 5.26. The summed E-state index contributed by atoms with van der Waals surface area (Å²) in [7, 11) is 1.32. The Morgan fingerprint density at radius 1 is 0.974 bits per heavy atom. The lowest BCUT2D eigenvalue weighted by Gasteiger charge is -2.15. The Morgan fingerprint density at radius 3 is 2.32 bits per heavy atom. The van der Waals surface area contributed by atoms with Gasteiger partial charge in [0.15, 0.2) is 0 Å². The molecule has 1 saturated heterocycles. The van der Waals surface area contributed by atoms with Crippen LogP contribution in [0.15, 0.2) is 54.7 Å². The molecule has 0 aliphatic carbocycles. The molecular formula is C28H30N4O6. The second kappa shape index (κ2) is 12.2. The number of esters is 1. The molecule has 3 aromatic rings. The molecule has 0 bridgehead atoms. The van der Waals surface area contributed by atoms with E-state index in [0.29, 0.717) is 22.7 Å². The van der Waals surface area contributed by atoms with Crippen molar-refractivity contribution in [1.29, 1.82) is 0 Å². The third-order valence-corrected chi connectivity index (χ3v) is 5.76. The number of amides is 2. The van der Waals surface area contributed by atoms with E-state index in [2.05, 4.69) is 20.0 Å². The minimum Gasteiger partial charge on any atom is -0.475 e. The number of ether oxygens (including phenoxy) is 3. The van der Waals surface area contributed by atoms with Gasteiger partial charge in [0.05, 0.1) is 25.2 Å². The molecule has 0 spiro atoms. The summed E-state index contributed by atoms with van der Waals surface area (Å²) in [5.74, 6) is 0.353. The van der Waals surface area contributed by atoms with Crippen LogP contribution in [0.5, 0.6) is 17.5 Å². The molecule has 2 amide bonds. The molecule has 4 rings (SSSR count). The minimum atomic E-state index is -0.439. The molecule has 0 unspecified atom stereocenters. The van der Waals surface area contributed by atoms with Crippen molar-refractivity contribution in [2.24, 2.45) is 0 Å². The average molecular weight is 519 g/mol. The Morgan fingerprint density at radius 2 is 1.68 bits per heavy atom. The molecule has 1 aliphatic rings. The van der Waals surface area contributed by atoms with Gasteiger partial charge < -0.3 is 24.4 Å². The zero-order valence-electron chi connectivity index (χ0n) is 21.6. The van der Waals surface area contributed by atoms with Crippen LogP contribution >= 0.6 is 0 Å². The number of pyridine rings is 2. The van der Waals surface area contributed by atoms with Crippen LogP contribution in [-0.2, 0) is 16.0 Å². The molecule has 1 N–H and O–H groups in total. The van der Waals surface area contributed by atoms with E-state index in [9.17, 15) is 14.4 Å². The number of hydrogen-bond acceptors (Lipinski definition) is 8. The Kier molecular flexibility index (Phi) is 8.52. The normalized spacial score (nSPS) is 12.8. The fourth-order valence-electron chi connectivity index (χ4n) is 3.89. The number of nitrogens with zero attached hydrogens (tertiary/aromatic N) is 3. The van der Waals surface area contributed by atoms with Crippen molar-refractivity contribution in [2.45, 2.75) is 39.2 Å². The van der Waals surface area contributed by atoms with E-state index >= 15 is 0 Å². The van der Waals surface area contributed by atoms with E-state index in [1.54, 1.807) is 36.4 Å². The Bertz CT molecular complexity index is 1290. The van der Waals surface area contributed by atoms with E-state index < -0.39 is 5.91 Å². The summed E-state index contributed by atoms with van der Waals surface area (Å²) >= 11 is 0. The SMILES string of the molecule is COC(=O)Cc1ccc(NC(=O)c2cc(Oc3ccc(C(=O)N4CCCC4)cc3)nc(OC(C)C)c2)nc1. The molecule has 10 heteroatoms. The highest BCUT2D eigenvalue weighted by Crippen LogP contribution is 2.26. The number of methoxy groups -OCH3 is 1. The number of benzene rings is 1. The fraction of sp³-hybridized carbons (Fsp3) is 0.321. The monoisotopic (exact) mass is 518 g/mol. The molecule has 1 aromatic carbocycles. The van der Waals surface area contributed by atoms with Crippen LogP contribution in [0.25, 0.3) is 0 Å². The van der Waals surface area contributed by atoms with Crippen molar-refractivity contribution in [3.63, 3.8) is 0 Å². The van der Waals surface area contributed by atoms with Gasteiger partial charge in [0, 0.05) is 37.0 Å². The topological polar surface area (TPSA) is 120 Å². The van der Waals surface area contributed by atoms with Crippen LogP contribution in [0, 0.1) is 0 Å². The van der Waals surface area contributed by atoms with Crippen molar-refractivity contribution in [3.8, 4) is 17.5 Å². The zero-order chi connectivity index (χ0) is 27.1. The van der Waals surface area contributed by atoms with Crippen LogP contribution in [-0.4, -0.2) is 59.0 Å². The number of anilines is 1. The van der Waals surface area contributed by atoms with Gasteiger partial charge in [-0.2, -0.15) is 4.98 Å². The Hall–Kier alpha value is -4.47. The molecule has 1 aliphatic heterocycles. The maximum Gasteiger partial charge on any atom is 0.310 e. The van der Waals surface area contributed by atoms with Crippen molar-refractivity contribution in [3.05, 3.63) is 71.4 Å². The fourth-order valence-corrected chi connectivity index (χ4v) is 3.89. The highest BCUT2D eigenvalue weighted by atomic mass is 16.5. The van der Waals surface area contributed by atoms with E-state index in [-0.39, 0.29) is 41.7 Å². The second-order valence-electron chi connectivity index (χ2n) is 9.08. The lowest BCUT2D eigenvalue weighted by atomic mass is 10.2. The first-order chi connectivity index (χ1) is 18.3. The van der Waals surface area contributed by atoms with Gasteiger partial charge in [-0.05, 0) is 62.6 Å². The first kappa shape index (κ1) is 26.6. The van der Waals surface area contributed by atoms with Gasteiger partial charge in [-0.3, -0.25) is 14.4 Å². The third kappa shape index (κ3) is 7.06. The predicted octanol–water partition coefficient (Wildman–Crippen LogP) is 4.26. The summed E-state index contributed by atoms with van der Waals surface area (Å²) in [5.41, 5.74) is 1.51. The lowest BCUT2D eigenvalue weighted by Crippen LogP contribution is -2.27. The molecule has 3 heterocycles. The average Bonchev–Trinajstić information content (AvgIpc) is 3.44. The number of carbonyl (C=O) groups excluding carboxylic acids is 3. The number of rotatable bonds is 9. The van der Waals surface area contributed by atoms with Crippen molar-refractivity contribution >= 4 is 23.6 Å². The zero-order valence-corrected chi connectivity index (χ0v) is 21.6. The van der Waals surface area contributed by atoms with Crippen LogP contribution in [0.2, 0.25) is 0 Å². The maximum atomic E-state index is 13.0. The number of nitrogens with one attached hydrogen (secondary N) is 1. The number of carbonyl (C=O) groups is 3. The van der Waals surface area contributed by atoms with E-state index in [1.807, 2.05) is 18.7 Å². The summed E-state index contributed by atoms with van der Waals surface area (Å²) in [6, 6.07) is 13.1. The molecule has 0 atom stereocenters. The van der Waals surface area contributed by atoms with E-state index in [4.69, 9.17) is 9.47 Å². The van der Waals surface area contributed by atoms with Crippen LogP contribution in [0.1, 0.15) is 53.0 Å². The van der Waals surface area contributed by atoms with Crippen molar-refractivity contribution in [2.75, 3.05) is 25.5 Å². The quantitative estimate of drug-likeness (QED) is 0.417. The first-order valence-corrected chi connectivity index (χ1v) is 12.4. The molecule has 0 radical (unpaired) electrons. The molecule has 198 valence electrons. The predicted molar refractivity (Wildman–Crippen MR) is 140 cm³/mol. The number of hydrogen-bond donors (Lipinski definition) is 1. The highest BCUT2D eigenvalue weighted by Gasteiger charge is 2.20. The van der Waals surface area contributed by atoms with Gasteiger partial charge >= 0.3 is 5.97 Å². The first-order valence-electron chi connectivity index (χ1n) is 12.4. The van der Waals surface area contributed by atoms with Gasteiger partial charge in [0.2, 0.25) is 11.8 Å². The molecule has 0 saturated carbocycles. The smallest absolute Gasteiger partial charge is 0.310 e. The Balaban J connectivity index is 1.48. The largest absolute Gasteiger partial charge is 0.475 e. The number of aromatic nitrogens is 2.